The molecular formula is C27H27F3N2O3S2. The minimum atomic E-state index is -4.37. The van der Waals surface area contributed by atoms with Gasteiger partial charge in [0.25, 0.3) is 0 Å². The molecule has 5 nitrogen and oxygen atoms in total. The number of rotatable bonds is 9. The Morgan fingerprint density at radius 2 is 1.86 bits per heavy atom. The summed E-state index contributed by atoms with van der Waals surface area (Å²) >= 11 is 2.80. The maximum absolute atomic E-state index is 12.9. The highest BCUT2D eigenvalue weighted by atomic mass is 32.2. The molecule has 0 radical (unpaired) electrons. The Morgan fingerprint density at radius 1 is 1.16 bits per heavy atom. The van der Waals surface area contributed by atoms with Crippen molar-refractivity contribution in [2.45, 2.75) is 69.2 Å². The molecule has 0 spiro atoms. The van der Waals surface area contributed by atoms with Crippen molar-refractivity contribution in [3.63, 3.8) is 0 Å². The predicted octanol–water partition coefficient (Wildman–Crippen LogP) is 8.14. The van der Waals surface area contributed by atoms with Crippen LogP contribution in [0.3, 0.4) is 0 Å². The summed E-state index contributed by atoms with van der Waals surface area (Å²) in [5.41, 5.74) is 3.29. The van der Waals surface area contributed by atoms with Crippen LogP contribution in [-0.2, 0) is 23.8 Å². The van der Waals surface area contributed by atoms with Crippen LogP contribution in [0.15, 0.2) is 45.8 Å². The second kappa shape index (κ2) is 10.9. The van der Waals surface area contributed by atoms with Crippen LogP contribution in [-0.4, -0.2) is 26.5 Å². The summed E-state index contributed by atoms with van der Waals surface area (Å²) in [4.78, 5) is 18.1. The molecule has 0 fully saturated rings. The molecule has 0 aliphatic rings. The number of carboxylic acid groups (broad SMARTS) is 1. The molecule has 0 saturated carbocycles. The molecule has 0 bridgehead atoms. The normalized spacial score (nSPS) is 13.0. The van der Waals surface area contributed by atoms with Gasteiger partial charge in [-0.15, -0.1) is 23.1 Å². The van der Waals surface area contributed by atoms with E-state index in [1.807, 2.05) is 39.8 Å². The fourth-order valence-electron chi connectivity index (χ4n) is 4.04. The maximum atomic E-state index is 12.9. The molecule has 1 N–H and O–H groups in total. The fourth-order valence-corrected chi connectivity index (χ4v) is 6.26. The average Bonchev–Trinajstić information content (AvgIpc) is 3.44. The summed E-state index contributed by atoms with van der Waals surface area (Å²) in [5, 5.41) is 14.7. The third-order valence-electron chi connectivity index (χ3n) is 6.08. The largest absolute Gasteiger partial charge is 0.480 e. The van der Waals surface area contributed by atoms with E-state index in [0.29, 0.717) is 35.4 Å². The lowest BCUT2D eigenvalue weighted by Gasteiger charge is -2.11. The second-order valence-corrected chi connectivity index (χ2v) is 11.5. The van der Waals surface area contributed by atoms with E-state index in [0.717, 1.165) is 44.2 Å². The van der Waals surface area contributed by atoms with Crippen molar-refractivity contribution in [1.29, 1.82) is 0 Å². The standard InChI is InChI=1S/C27H27F3N2O3S2/c1-5-21(26(33)34)36-23-13-20-18(12-15(23)4)19(32-35-20)10-11-22-24(14(2)3)31-25(37-22)16-6-8-17(9-7-16)27(28,29)30/h6-9,12-14,21H,5,10-11H2,1-4H3,(H,33,34). The van der Waals surface area contributed by atoms with E-state index in [1.54, 1.807) is 0 Å². The van der Waals surface area contributed by atoms with Crippen LogP contribution in [0.1, 0.15) is 60.5 Å². The van der Waals surface area contributed by atoms with Gasteiger partial charge < -0.3 is 9.63 Å². The molecular weight excluding hydrogens is 521 g/mol. The number of hydrogen-bond acceptors (Lipinski definition) is 6. The first-order valence-electron chi connectivity index (χ1n) is 11.9. The van der Waals surface area contributed by atoms with Crippen molar-refractivity contribution in [1.82, 2.24) is 10.1 Å². The summed E-state index contributed by atoms with van der Waals surface area (Å²) < 4.78 is 44.4. The van der Waals surface area contributed by atoms with Crippen LogP contribution in [0.4, 0.5) is 13.2 Å². The molecule has 2 heterocycles. The first-order valence-corrected chi connectivity index (χ1v) is 13.6. The number of carboxylic acids is 1. The van der Waals surface area contributed by atoms with Crippen molar-refractivity contribution in [3.8, 4) is 10.6 Å². The number of hydrogen-bond donors (Lipinski definition) is 1. The maximum Gasteiger partial charge on any atom is 0.416 e. The molecule has 0 amide bonds. The number of carbonyl (C=O) groups is 1. The van der Waals surface area contributed by atoms with E-state index in [4.69, 9.17) is 9.51 Å². The fraction of sp³-hybridized carbons (Fsp3) is 0.370. The number of aryl methyl sites for hydroxylation is 3. The SMILES string of the molecule is CCC(Sc1cc2onc(CCc3sc(-c4ccc(C(F)(F)F)cc4)nc3C(C)C)c2cc1C)C(=O)O. The van der Waals surface area contributed by atoms with Gasteiger partial charge in [-0.25, -0.2) is 4.98 Å². The molecule has 1 unspecified atom stereocenters. The van der Waals surface area contributed by atoms with Crippen molar-refractivity contribution in [3.05, 3.63) is 63.8 Å². The van der Waals surface area contributed by atoms with Gasteiger partial charge in [0.15, 0.2) is 5.58 Å². The van der Waals surface area contributed by atoms with E-state index < -0.39 is 23.0 Å². The molecule has 0 aliphatic carbocycles. The Balaban J connectivity index is 1.56. The first kappa shape index (κ1) is 27.2. The van der Waals surface area contributed by atoms with Gasteiger partial charge in [0.1, 0.15) is 10.3 Å². The van der Waals surface area contributed by atoms with Crippen LogP contribution >= 0.6 is 23.1 Å². The third kappa shape index (κ3) is 6.01. The smallest absolute Gasteiger partial charge is 0.416 e. The van der Waals surface area contributed by atoms with Gasteiger partial charge >= 0.3 is 12.1 Å². The molecule has 2 aromatic carbocycles. The molecule has 4 rings (SSSR count). The number of alkyl halides is 3. The summed E-state index contributed by atoms with van der Waals surface area (Å²) in [6.07, 6.45) is -2.58. The number of fused-ring (bicyclic) bond motifs is 1. The Kier molecular flexibility index (Phi) is 7.99. The zero-order valence-corrected chi connectivity index (χ0v) is 22.5. The summed E-state index contributed by atoms with van der Waals surface area (Å²) in [6.45, 7) is 7.89. The van der Waals surface area contributed by atoms with E-state index in [-0.39, 0.29) is 5.92 Å². The van der Waals surface area contributed by atoms with Gasteiger partial charge in [0, 0.05) is 20.7 Å². The third-order valence-corrected chi connectivity index (χ3v) is 8.77. The lowest BCUT2D eigenvalue weighted by atomic mass is 10.0. The molecule has 196 valence electrons. The summed E-state index contributed by atoms with van der Waals surface area (Å²) in [7, 11) is 0. The highest BCUT2D eigenvalue weighted by Gasteiger charge is 2.30. The number of aliphatic carboxylic acids is 1. The van der Waals surface area contributed by atoms with Gasteiger partial charge in [0.2, 0.25) is 0 Å². The zero-order valence-electron chi connectivity index (χ0n) is 20.8. The van der Waals surface area contributed by atoms with E-state index in [9.17, 15) is 23.1 Å². The van der Waals surface area contributed by atoms with Crippen LogP contribution in [0.5, 0.6) is 0 Å². The molecule has 2 aromatic heterocycles. The summed E-state index contributed by atoms with van der Waals surface area (Å²) in [6, 6.07) is 8.94. The van der Waals surface area contributed by atoms with Crippen LogP contribution in [0.2, 0.25) is 0 Å². The average molecular weight is 549 g/mol. The highest BCUT2D eigenvalue weighted by molar-refractivity contribution is 8.00. The minimum absolute atomic E-state index is 0.158. The lowest BCUT2D eigenvalue weighted by molar-refractivity contribution is -0.138. The monoisotopic (exact) mass is 548 g/mol. The zero-order chi connectivity index (χ0) is 26.9. The van der Waals surface area contributed by atoms with Crippen molar-refractivity contribution < 1.29 is 27.6 Å². The lowest BCUT2D eigenvalue weighted by Crippen LogP contribution is -2.14. The van der Waals surface area contributed by atoms with E-state index in [2.05, 4.69) is 5.16 Å². The van der Waals surface area contributed by atoms with E-state index in [1.165, 1.54) is 35.2 Å². The van der Waals surface area contributed by atoms with Crippen molar-refractivity contribution in [2.75, 3.05) is 0 Å². The number of benzene rings is 2. The molecule has 0 aliphatic heterocycles. The molecule has 0 saturated heterocycles. The number of aromatic nitrogens is 2. The summed E-state index contributed by atoms with van der Waals surface area (Å²) in [5.74, 6) is -0.683. The van der Waals surface area contributed by atoms with Crippen molar-refractivity contribution >= 4 is 40.0 Å². The molecule has 37 heavy (non-hydrogen) atoms. The second-order valence-electron chi connectivity index (χ2n) is 9.15. The van der Waals surface area contributed by atoms with Crippen LogP contribution in [0.25, 0.3) is 21.5 Å². The van der Waals surface area contributed by atoms with Gasteiger partial charge in [-0.2, -0.15) is 13.2 Å². The minimum Gasteiger partial charge on any atom is -0.480 e. The van der Waals surface area contributed by atoms with Gasteiger partial charge in [0.05, 0.1) is 17.0 Å². The van der Waals surface area contributed by atoms with E-state index >= 15 is 0 Å². The highest BCUT2D eigenvalue weighted by Crippen LogP contribution is 2.36. The van der Waals surface area contributed by atoms with Crippen LogP contribution < -0.4 is 0 Å². The molecule has 4 aromatic rings. The number of nitrogens with zero attached hydrogens (tertiary/aromatic N) is 2. The predicted molar refractivity (Wildman–Crippen MR) is 140 cm³/mol. The van der Waals surface area contributed by atoms with Gasteiger partial charge in [-0.05, 0) is 61.9 Å². The number of halogens is 3. The Morgan fingerprint density at radius 3 is 2.46 bits per heavy atom. The Hall–Kier alpha value is -2.85. The van der Waals surface area contributed by atoms with Crippen LogP contribution in [0, 0.1) is 6.92 Å². The van der Waals surface area contributed by atoms with Crippen molar-refractivity contribution in [2.24, 2.45) is 0 Å². The first-order chi connectivity index (χ1) is 17.5. The molecule has 10 heteroatoms. The Labute approximate surface area is 221 Å². The number of thioether (sulfide) groups is 1. The van der Waals surface area contributed by atoms with Gasteiger partial charge in [-0.3, -0.25) is 4.79 Å². The number of thiazole rings is 1. The van der Waals surface area contributed by atoms with Gasteiger partial charge in [-0.1, -0.05) is 38.1 Å². The quantitative estimate of drug-likeness (QED) is 0.213. The molecule has 1 atom stereocenters. The topological polar surface area (TPSA) is 76.2 Å². The Bertz CT molecular complexity index is 1410.